The molecule has 0 saturated carbocycles. The molecule has 0 aliphatic heterocycles. The van der Waals surface area contributed by atoms with Crippen LogP contribution in [-0.4, -0.2) is 25.7 Å². The third-order valence-electron chi connectivity index (χ3n) is 6.23. The Morgan fingerprint density at radius 3 is 0.815 bits per heavy atom. The molecule has 0 spiro atoms. The normalized spacial score (nSPS) is 12.0. The average molecular weight is 400 g/mol. The Kier molecular flexibility index (Phi) is 21.5. The molecule has 0 aliphatic carbocycles. The molecule has 0 aromatic carbocycles. The number of rotatable bonds is 22. The van der Waals surface area contributed by atoms with Crippen molar-refractivity contribution in [1.82, 2.24) is 0 Å². The monoisotopic (exact) mass is 399 g/mol. The van der Waals surface area contributed by atoms with Crippen molar-refractivity contribution in [2.45, 2.75) is 142 Å². The van der Waals surface area contributed by atoms with E-state index in [0.29, 0.717) is 0 Å². The first-order valence-electron chi connectivity index (χ1n) is 12.9. The van der Waals surface area contributed by atoms with Crippen molar-refractivity contribution in [3.05, 3.63) is 0 Å². The van der Waals surface area contributed by atoms with Crippen LogP contribution in [0.5, 0.6) is 0 Å². The van der Waals surface area contributed by atoms with E-state index in [1.807, 2.05) is 0 Å². The van der Waals surface area contributed by atoms with Gasteiger partial charge in [-0.15, -0.1) is 0 Å². The van der Waals surface area contributed by atoms with Gasteiger partial charge in [0, 0.05) is 20.6 Å². The lowest BCUT2D eigenvalue weighted by molar-refractivity contribution is 0.561. The molecule has 164 valence electrons. The van der Waals surface area contributed by atoms with Crippen molar-refractivity contribution in [1.29, 1.82) is 0 Å². The van der Waals surface area contributed by atoms with Crippen LogP contribution in [0.2, 0.25) is 0 Å². The minimum atomic E-state index is -0.590. The van der Waals surface area contributed by atoms with Gasteiger partial charge in [0.05, 0.1) is 12.3 Å². The number of hydrogen-bond acceptors (Lipinski definition) is 0. The molecule has 0 aliphatic rings. The molecule has 0 nitrogen and oxygen atoms in total. The molecule has 0 radical (unpaired) electrons. The van der Waals surface area contributed by atoms with Crippen LogP contribution < -0.4 is 0 Å². The summed E-state index contributed by atoms with van der Waals surface area (Å²) in [7, 11) is -0.590. The third kappa shape index (κ3) is 22.6. The molecule has 0 amide bonds. The lowest BCUT2D eigenvalue weighted by Gasteiger charge is -2.18. The molecule has 0 aromatic rings. The van der Waals surface area contributed by atoms with Crippen molar-refractivity contribution in [2.24, 2.45) is 0 Å². The van der Waals surface area contributed by atoms with Crippen molar-refractivity contribution in [2.75, 3.05) is 25.7 Å². The zero-order chi connectivity index (χ0) is 20.1. The second-order valence-electron chi connectivity index (χ2n) is 9.75. The Morgan fingerprint density at radius 1 is 0.333 bits per heavy atom. The highest BCUT2D eigenvalue weighted by molar-refractivity contribution is 7.74. The van der Waals surface area contributed by atoms with Crippen LogP contribution in [0.3, 0.4) is 0 Å². The van der Waals surface area contributed by atoms with Gasteiger partial charge < -0.3 is 0 Å². The maximum Gasteiger partial charge on any atom is 0.0589 e. The lowest BCUT2D eigenvalue weighted by Crippen LogP contribution is -2.01. The van der Waals surface area contributed by atoms with Crippen LogP contribution in [0.4, 0.5) is 0 Å². The quantitative estimate of drug-likeness (QED) is 0.125. The topological polar surface area (TPSA) is 0 Å². The highest BCUT2D eigenvalue weighted by Crippen LogP contribution is 2.52. The summed E-state index contributed by atoms with van der Waals surface area (Å²) in [6.07, 6.45) is 32.5. The largest absolute Gasteiger partial charge is 0.0654 e. The molecule has 0 unspecified atom stereocenters. The lowest BCUT2D eigenvalue weighted by atomic mass is 10.1. The van der Waals surface area contributed by atoms with Gasteiger partial charge in [-0.05, 0) is 25.7 Å². The SMILES string of the molecule is CCCCCCCCCCCC[P+](C)(C)CCCCCCCCCCCC. The van der Waals surface area contributed by atoms with Crippen LogP contribution >= 0.6 is 7.26 Å². The molecule has 0 rings (SSSR count). The second-order valence-corrected chi connectivity index (χ2v) is 14.5. The van der Waals surface area contributed by atoms with E-state index in [4.69, 9.17) is 0 Å². The Balaban J connectivity index is 3.31. The summed E-state index contributed by atoms with van der Waals surface area (Å²) in [4.78, 5) is 0. The Bertz CT molecular complexity index is 245. The highest BCUT2D eigenvalue weighted by Gasteiger charge is 2.23. The summed E-state index contributed by atoms with van der Waals surface area (Å²) in [6, 6.07) is 0. The Labute approximate surface area is 175 Å². The minimum Gasteiger partial charge on any atom is -0.0654 e. The van der Waals surface area contributed by atoms with Gasteiger partial charge in [-0.2, -0.15) is 0 Å². The van der Waals surface area contributed by atoms with Crippen LogP contribution in [-0.2, 0) is 0 Å². The molecule has 0 heterocycles. The number of hydrogen-bond donors (Lipinski definition) is 0. The van der Waals surface area contributed by atoms with E-state index in [2.05, 4.69) is 27.2 Å². The molecule has 0 aromatic heterocycles. The van der Waals surface area contributed by atoms with Crippen molar-refractivity contribution < 1.29 is 0 Å². The average Bonchev–Trinajstić information content (AvgIpc) is 2.64. The predicted octanol–water partition coefficient (Wildman–Crippen LogP) is 10.1. The van der Waals surface area contributed by atoms with Gasteiger partial charge in [-0.25, -0.2) is 0 Å². The van der Waals surface area contributed by atoms with Gasteiger partial charge in [0.25, 0.3) is 0 Å². The van der Waals surface area contributed by atoms with Crippen LogP contribution in [0.15, 0.2) is 0 Å². The van der Waals surface area contributed by atoms with Crippen molar-refractivity contribution in [3.8, 4) is 0 Å². The first-order valence-corrected chi connectivity index (χ1v) is 16.0. The van der Waals surface area contributed by atoms with E-state index < -0.39 is 7.26 Å². The fraction of sp³-hybridized carbons (Fsp3) is 1.00. The summed E-state index contributed by atoms with van der Waals surface area (Å²) in [5.74, 6) is 0. The van der Waals surface area contributed by atoms with Gasteiger partial charge in [-0.1, -0.05) is 117 Å². The van der Waals surface area contributed by atoms with Crippen molar-refractivity contribution in [3.63, 3.8) is 0 Å². The molecular weight excluding hydrogens is 343 g/mol. The fourth-order valence-electron chi connectivity index (χ4n) is 4.17. The third-order valence-corrected chi connectivity index (χ3v) is 9.29. The first-order chi connectivity index (χ1) is 13.1. The van der Waals surface area contributed by atoms with Gasteiger partial charge >= 0.3 is 0 Å². The summed E-state index contributed by atoms with van der Waals surface area (Å²) in [5.41, 5.74) is 0. The molecule has 0 saturated heterocycles. The maximum absolute atomic E-state index is 2.62. The van der Waals surface area contributed by atoms with E-state index in [0.717, 1.165) is 0 Å². The predicted molar refractivity (Wildman–Crippen MR) is 132 cm³/mol. The Morgan fingerprint density at radius 2 is 0.556 bits per heavy atom. The summed E-state index contributed by atoms with van der Waals surface area (Å²) in [5, 5.41) is 0. The van der Waals surface area contributed by atoms with E-state index in [1.165, 1.54) is 128 Å². The minimum absolute atomic E-state index is 0.590. The zero-order valence-electron chi connectivity index (χ0n) is 20.0. The van der Waals surface area contributed by atoms with Crippen LogP contribution in [0.1, 0.15) is 142 Å². The zero-order valence-corrected chi connectivity index (χ0v) is 20.9. The molecule has 0 N–H and O–H groups in total. The van der Waals surface area contributed by atoms with E-state index in [1.54, 1.807) is 12.3 Å². The standard InChI is InChI=1S/C26H56P/c1-5-7-9-11-13-15-17-19-21-23-25-27(3,4)26-24-22-20-18-16-14-12-10-8-6-2/h5-26H2,1-4H3/q+1. The van der Waals surface area contributed by atoms with Crippen LogP contribution in [0.25, 0.3) is 0 Å². The molecule has 0 fully saturated rings. The van der Waals surface area contributed by atoms with E-state index in [9.17, 15) is 0 Å². The van der Waals surface area contributed by atoms with Gasteiger partial charge in [-0.3, -0.25) is 0 Å². The first kappa shape index (κ1) is 27.4. The maximum atomic E-state index is 2.62. The van der Waals surface area contributed by atoms with Crippen molar-refractivity contribution >= 4 is 7.26 Å². The van der Waals surface area contributed by atoms with Gasteiger partial charge in [0.15, 0.2) is 0 Å². The molecule has 27 heavy (non-hydrogen) atoms. The summed E-state index contributed by atoms with van der Waals surface area (Å²) in [6.45, 7) is 9.85. The van der Waals surface area contributed by atoms with Gasteiger partial charge in [0.2, 0.25) is 0 Å². The van der Waals surface area contributed by atoms with Crippen LogP contribution in [0, 0.1) is 0 Å². The van der Waals surface area contributed by atoms with E-state index >= 15 is 0 Å². The summed E-state index contributed by atoms with van der Waals surface area (Å²) >= 11 is 0. The Hall–Kier alpha value is 0.430. The number of unbranched alkanes of at least 4 members (excludes halogenated alkanes) is 18. The highest BCUT2D eigenvalue weighted by atomic mass is 31.2. The summed E-state index contributed by atoms with van der Waals surface area (Å²) < 4.78 is 0. The van der Waals surface area contributed by atoms with E-state index in [-0.39, 0.29) is 0 Å². The van der Waals surface area contributed by atoms with Gasteiger partial charge in [0.1, 0.15) is 0 Å². The molecule has 0 bridgehead atoms. The fourth-order valence-corrected chi connectivity index (χ4v) is 6.55. The smallest absolute Gasteiger partial charge is 0.0589 e. The second kappa shape index (κ2) is 21.1. The molecule has 0 atom stereocenters. The molecule has 1 heteroatoms. The molecular formula is C26H56P+.